The van der Waals surface area contributed by atoms with Crippen molar-refractivity contribution in [2.24, 2.45) is 11.8 Å². The van der Waals surface area contributed by atoms with E-state index in [4.69, 9.17) is 11.6 Å². The zero-order valence-electron chi connectivity index (χ0n) is 9.93. The molecule has 0 spiro atoms. The molecule has 1 aromatic carbocycles. The van der Waals surface area contributed by atoms with Crippen molar-refractivity contribution in [1.29, 1.82) is 0 Å². The number of hydrogen-bond donors (Lipinski definition) is 0. The molecule has 0 heterocycles. The minimum Gasteiger partial charge on any atom is -0.207 e. The average Bonchev–Trinajstić information content (AvgIpc) is 2.32. The summed E-state index contributed by atoms with van der Waals surface area (Å²) in [6, 6.07) is 3.52. The molecule has 1 fully saturated rings. The molecule has 0 nitrogen and oxygen atoms in total. The smallest absolute Gasteiger partial charge is 0.128 e. The monoisotopic (exact) mass is 258 g/mol. The van der Waals surface area contributed by atoms with E-state index in [9.17, 15) is 8.78 Å². The molecular weight excluding hydrogens is 242 g/mol. The highest BCUT2D eigenvalue weighted by molar-refractivity contribution is 6.21. The van der Waals surface area contributed by atoms with Gasteiger partial charge < -0.3 is 0 Å². The lowest BCUT2D eigenvalue weighted by atomic mass is 9.80. The molecule has 0 aromatic heterocycles. The normalized spacial score (nSPS) is 26.8. The Morgan fingerprint density at radius 1 is 1.18 bits per heavy atom. The van der Waals surface area contributed by atoms with Crippen molar-refractivity contribution < 1.29 is 8.78 Å². The number of halogens is 3. The highest BCUT2D eigenvalue weighted by atomic mass is 35.5. The Kier molecular flexibility index (Phi) is 4.03. The molecule has 0 bridgehead atoms. The highest BCUT2D eigenvalue weighted by Crippen LogP contribution is 2.41. The van der Waals surface area contributed by atoms with Gasteiger partial charge in [-0.1, -0.05) is 19.8 Å². The summed E-state index contributed by atoms with van der Waals surface area (Å²) in [5.41, 5.74) is 0.311. The van der Waals surface area contributed by atoms with Gasteiger partial charge in [0.05, 0.1) is 5.38 Å². The van der Waals surface area contributed by atoms with Crippen molar-refractivity contribution in [2.45, 2.75) is 38.0 Å². The van der Waals surface area contributed by atoms with Crippen molar-refractivity contribution in [3.8, 4) is 0 Å². The Bertz CT molecular complexity index is 384. The fourth-order valence-electron chi connectivity index (χ4n) is 2.56. The third-order valence-electron chi connectivity index (χ3n) is 3.73. The van der Waals surface area contributed by atoms with Gasteiger partial charge in [-0.3, -0.25) is 0 Å². The highest BCUT2D eigenvalue weighted by Gasteiger charge is 2.27. The van der Waals surface area contributed by atoms with E-state index in [1.54, 1.807) is 0 Å². The molecule has 1 atom stereocenters. The molecule has 0 radical (unpaired) electrons. The first-order chi connectivity index (χ1) is 8.08. The van der Waals surface area contributed by atoms with E-state index in [1.165, 1.54) is 6.07 Å². The number of benzene rings is 1. The fourth-order valence-corrected chi connectivity index (χ4v) is 2.98. The Labute approximate surface area is 106 Å². The lowest BCUT2D eigenvalue weighted by molar-refractivity contribution is 0.281. The van der Waals surface area contributed by atoms with E-state index in [1.807, 2.05) is 0 Å². The molecule has 0 N–H and O–H groups in total. The van der Waals surface area contributed by atoms with E-state index in [-0.39, 0.29) is 5.92 Å². The van der Waals surface area contributed by atoms with Crippen LogP contribution in [-0.2, 0) is 0 Å². The van der Waals surface area contributed by atoms with E-state index in [0.717, 1.165) is 43.7 Å². The third kappa shape index (κ3) is 2.98. The Balaban J connectivity index is 2.13. The SMILES string of the molecule is CC1CCC(C(Cl)c2cc(F)ccc2F)CC1. The minimum absolute atomic E-state index is 0.268. The molecular formula is C14H17ClF2. The fraction of sp³-hybridized carbons (Fsp3) is 0.571. The second-order valence-electron chi connectivity index (χ2n) is 5.09. The van der Waals surface area contributed by atoms with E-state index in [2.05, 4.69) is 6.92 Å². The number of hydrogen-bond acceptors (Lipinski definition) is 0. The summed E-state index contributed by atoms with van der Waals surface area (Å²) >= 11 is 6.30. The second-order valence-corrected chi connectivity index (χ2v) is 5.56. The molecule has 2 rings (SSSR count). The predicted molar refractivity (Wildman–Crippen MR) is 66.1 cm³/mol. The largest absolute Gasteiger partial charge is 0.207 e. The topological polar surface area (TPSA) is 0 Å². The van der Waals surface area contributed by atoms with Gasteiger partial charge in [0.25, 0.3) is 0 Å². The molecule has 1 aliphatic carbocycles. The van der Waals surface area contributed by atoms with Gasteiger partial charge in [0.15, 0.2) is 0 Å². The van der Waals surface area contributed by atoms with Gasteiger partial charge in [-0.15, -0.1) is 11.6 Å². The van der Waals surface area contributed by atoms with Gasteiger partial charge in [0.1, 0.15) is 11.6 Å². The zero-order chi connectivity index (χ0) is 12.4. The minimum atomic E-state index is -0.420. The zero-order valence-corrected chi connectivity index (χ0v) is 10.7. The van der Waals surface area contributed by atoms with Crippen LogP contribution in [0.5, 0.6) is 0 Å². The maximum atomic E-state index is 13.6. The first-order valence-corrected chi connectivity index (χ1v) is 6.60. The first kappa shape index (κ1) is 12.8. The maximum Gasteiger partial charge on any atom is 0.128 e. The van der Waals surface area contributed by atoms with Crippen LogP contribution in [0.25, 0.3) is 0 Å². The summed E-state index contributed by atoms with van der Waals surface area (Å²) in [5, 5.41) is -0.404. The lowest BCUT2D eigenvalue weighted by Gasteiger charge is -2.29. The summed E-state index contributed by atoms with van der Waals surface area (Å²) < 4.78 is 26.7. The van der Waals surface area contributed by atoms with Gasteiger partial charge in [-0.05, 0) is 42.9 Å². The first-order valence-electron chi connectivity index (χ1n) is 6.17. The summed E-state index contributed by atoms with van der Waals surface area (Å²) in [7, 11) is 0. The van der Waals surface area contributed by atoms with Gasteiger partial charge in [-0.2, -0.15) is 0 Å². The van der Waals surface area contributed by atoms with Crippen LogP contribution in [0.4, 0.5) is 8.78 Å². The van der Waals surface area contributed by atoms with Crippen molar-refractivity contribution in [3.63, 3.8) is 0 Å². The molecule has 1 aromatic rings. The average molecular weight is 259 g/mol. The van der Waals surface area contributed by atoms with E-state index < -0.39 is 17.0 Å². The van der Waals surface area contributed by atoms with Gasteiger partial charge >= 0.3 is 0 Å². The molecule has 94 valence electrons. The molecule has 1 saturated carbocycles. The van der Waals surface area contributed by atoms with Gasteiger partial charge in [0.2, 0.25) is 0 Å². The van der Waals surface area contributed by atoms with Crippen LogP contribution in [0, 0.1) is 23.5 Å². The quantitative estimate of drug-likeness (QED) is 0.650. The third-order valence-corrected chi connectivity index (χ3v) is 4.32. The number of alkyl halides is 1. The predicted octanol–water partition coefficient (Wildman–Crippen LogP) is 5.07. The summed E-state index contributed by atoms with van der Waals surface area (Å²) in [6.07, 6.45) is 4.27. The summed E-state index contributed by atoms with van der Waals surface area (Å²) in [4.78, 5) is 0. The molecule has 17 heavy (non-hydrogen) atoms. The van der Waals surface area contributed by atoms with Crippen molar-refractivity contribution in [2.75, 3.05) is 0 Å². The van der Waals surface area contributed by atoms with Crippen LogP contribution in [0.1, 0.15) is 43.5 Å². The molecule has 1 unspecified atom stereocenters. The summed E-state index contributed by atoms with van der Waals surface area (Å²) in [5.74, 6) is 0.179. The van der Waals surface area contributed by atoms with Crippen LogP contribution in [0.2, 0.25) is 0 Å². The van der Waals surface area contributed by atoms with Crippen molar-refractivity contribution in [3.05, 3.63) is 35.4 Å². The maximum absolute atomic E-state index is 13.6. The Hall–Kier alpha value is -0.630. The summed E-state index contributed by atoms with van der Waals surface area (Å²) in [6.45, 7) is 2.22. The molecule has 0 aliphatic heterocycles. The van der Waals surface area contributed by atoms with Crippen LogP contribution in [0.15, 0.2) is 18.2 Å². The Morgan fingerprint density at radius 2 is 1.82 bits per heavy atom. The van der Waals surface area contributed by atoms with Crippen LogP contribution >= 0.6 is 11.6 Å². The van der Waals surface area contributed by atoms with E-state index in [0.29, 0.717) is 5.56 Å². The van der Waals surface area contributed by atoms with Gasteiger partial charge in [-0.25, -0.2) is 8.78 Å². The van der Waals surface area contributed by atoms with Crippen LogP contribution in [-0.4, -0.2) is 0 Å². The second kappa shape index (κ2) is 5.34. The van der Waals surface area contributed by atoms with Gasteiger partial charge in [0, 0.05) is 5.56 Å². The van der Waals surface area contributed by atoms with Crippen molar-refractivity contribution in [1.82, 2.24) is 0 Å². The van der Waals surface area contributed by atoms with Crippen LogP contribution in [0.3, 0.4) is 0 Å². The molecule has 1 aliphatic rings. The molecule has 0 saturated heterocycles. The van der Waals surface area contributed by atoms with Crippen molar-refractivity contribution >= 4 is 11.6 Å². The molecule has 3 heteroatoms. The van der Waals surface area contributed by atoms with Crippen LogP contribution < -0.4 is 0 Å². The lowest BCUT2D eigenvalue weighted by Crippen LogP contribution is -2.17. The standard InChI is InChI=1S/C14H17ClF2/c1-9-2-4-10(5-3-9)14(15)12-8-11(16)6-7-13(12)17/h6-10,14H,2-5H2,1H3. The Morgan fingerprint density at radius 3 is 2.47 bits per heavy atom. The van der Waals surface area contributed by atoms with E-state index >= 15 is 0 Å². The number of rotatable bonds is 2. The molecule has 0 amide bonds.